The zero-order chi connectivity index (χ0) is 21.2. The van der Waals surface area contributed by atoms with E-state index in [1.807, 2.05) is 6.07 Å². The Kier molecular flexibility index (Phi) is 5.81. The molecule has 154 valence electrons. The second kappa shape index (κ2) is 8.14. The van der Waals surface area contributed by atoms with Crippen molar-refractivity contribution in [2.75, 3.05) is 6.61 Å². The van der Waals surface area contributed by atoms with Gasteiger partial charge in [-0.3, -0.25) is 0 Å². The number of hydrogen-bond donors (Lipinski definition) is 1. The Morgan fingerprint density at radius 2 is 1.79 bits per heavy atom. The number of nitrogens with one attached hydrogen (secondary N) is 1. The van der Waals surface area contributed by atoms with Gasteiger partial charge in [0.1, 0.15) is 18.0 Å². The Balaban J connectivity index is 1.83. The zero-order valence-electron chi connectivity index (χ0n) is 15.9. The van der Waals surface area contributed by atoms with E-state index in [9.17, 15) is 22.8 Å². The molecule has 2 atom stereocenters. The van der Waals surface area contributed by atoms with Crippen LogP contribution >= 0.6 is 0 Å². The summed E-state index contributed by atoms with van der Waals surface area (Å²) < 4.78 is 53.6. The van der Waals surface area contributed by atoms with Crippen molar-refractivity contribution in [1.29, 1.82) is 0 Å². The molecule has 0 radical (unpaired) electrons. The van der Waals surface area contributed by atoms with Gasteiger partial charge in [0, 0.05) is 0 Å². The van der Waals surface area contributed by atoms with Crippen LogP contribution in [-0.2, 0) is 21.6 Å². The zero-order valence-corrected chi connectivity index (χ0v) is 15.9. The highest BCUT2D eigenvalue weighted by Gasteiger charge is 2.57. The van der Waals surface area contributed by atoms with Gasteiger partial charge in [-0.15, -0.1) is 0 Å². The molecule has 1 saturated carbocycles. The van der Waals surface area contributed by atoms with Gasteiger partial charge < -0.3 is 14.8 Å². The second-order valence-corrected chi connectivity index (χ2v) is 6.89. The highest BCUT2D eigenvalue weighted by Crippen LogP contribution is 2.53. The smallest absolute Gasteiger partial charge is 0.408 e. The van der Waals surface area contributed by atoms with Crippen LogP contribution in [0.5, 0.6) is 0 Å². The fourth-order valence-corrected chi connectivity index (χ4v) is 3.31. The predicted octanol–water partition coefficient (Wildman–Crippen LogP) is 4.44. The maximum atomic E-state index is 14.7. The molecule has 0 heterocycles. The van der Waals surface area contributed by atoms with Crippen molar-refractivity contribution in [3.05, 3.63) is 70.5 Å². The molecule has 0 bridgehead atoms. The summed E-state index contributed by atoms with van der Waals surface area (Å²) >= 11 is 0. The minimum absolute atomic E-state index is 0.0295. The Morgan fingerprint density at radius 3 is 2.38 bits per heavy atom. The summed E-state index contributed by atoms with van der Waals surface area (Å²) in [4.78, 5) is 23.9. The lowest BCUT2D eigenvalue weighted by Crippen LogP contribution is -2.38. The van der Waals surface area contributed by atoms with Gasteiger partial charge in [0.2, 0.25) is 0 Å². The molecule has 1 aliphatic rings. The summed E-state index contributed by atoms with van der Waals surface area (Å²) in [6, 6.07) is 9.47. The van der Waals surface area contributed by atoms with E-state index in [1.165, 1.54) is 6.92 Å². The van der Waals surface area contributed by atoms with Crippen LogP contribution in [0.25, 0.3) is 0 Å². The number of esters is 1. The topological polar surface area (TPSA) is 64.6 Å². The number of carbonyl (C=O) groups is 2. The third-order valence-corrected chi connectivity index (χ3v) is 4.95. The van der Waals surface area contributed by atoms with Crippen LogP contribution < -0.4 is 5.32 Å². The molecule has 0 aliphatic heterocycles. The minimum Gasteiger partial charge on any atom is -0.462 e. The standard InChI is InChI=1S/C21H20F3NO4/c1-3-28-19(26)14-9-15(22)16(18(24)17(14)23)21(10-12(21)2)25-20(27)29-11-13-7-5-4-6-8-13/h4-9,12H,3,10-11H2,1-2H3,(H,25,27). The first-order valence-electron chi connectivity index (χ1n) is 9.14. The molecular weight excluding hydrogens is 387 g/mol. The van der Waals surface area contributed by atoms with Gasteiger partial charge in [-0.05, 0) is 30.9 Å². The predicted molar refractivity (Wildman–Crippen MR) is 97.5 cm³/mol. The molecule has 2 aromatic rings. The Morgan fingerprint density at radius 1 is 1.14 bits per heavy atom. The van der Waals surface area contributed by atoms with Gasteiger partial charge in [-0.25, -0.2) is 22.8 Å². The molecule has 1 amide bonds. The summed E-state index contributed by atoms with van der Waals surface area (Å²) in [6.45, 7) is 3.05. The van der Waals surface area contributed by atoms with Crippen LogP contribution in [-0.4, -0.2) is 18.7 Å². The van der Waals surface area contributed by atoms with E-state index in [2.05, 4.69) is 10.1 Å². The second-order valence-electron chi connectivity index (χ2n) is 6.89. The number of benzene rings is 2. The van der Waals surface area contributed by atoms with Crippen molar-refractivity contribution in [2.24, 2.45) is 5.92 Å². The lowest BCUT2D eigenvalue weighted by molar-refractivity contribution is 0.0518. The third-order valence-electron chi connectivity index (χ3n) is 4.95. The quantitative estimate of drug-likeness (QED) is 0.568. The summed E-state index contributed by atoms with van der Waals surface area (Å²) in [5.41, 5.74) is -2.17. The first kappa shape index (κ1) is 20.7. The minimum atomic E-state index is -1.53. The van der Waals surface area contributed by atoms with Gasteiger partial charge in [-0.1, -0.05) is 37.3 Å². The Labute approximate surface area is 165 Å². The number of alkyl carbamates (subject to hydrolysis) is 1. The molecule has 2 aromatic carbocycles. The van der Waals surface area contributed by atoms with Crippen LogP contribution in [0.3, 0.4) is 0 Å². The van der Waals surface area contributed by atoms with Crippen LogP contribution in [0.2, 0.25) is 0 Å². The van der Waals surface area contributed by atoms with E-state index in [0.717, 1.165) is 5.56 Å². The van der Waals surface area contributed by atoms with Crippen molar-refractivity contribution >= 4 is 12.1 Å². The molecule has 0 aromatic heterocycles. The maximum absolute atomic E-state index is 14.7. The first-order valence-corrected chi connectivity index (χ1v) is 9.14. The van der Waals surface area contributed by atoms with E-state index >= 15 is 0 Å². The first-order chi connectivity index (χ1) is 13.8. The van der Waals surface area contributed by atoms with E-state index in [1.54, 1.807) is 31.2 Å². The van der Waals surface area contributed by atoms with Gasteiger partial charge in [0.25, 0.3) is 0 Å². The molecule has 5 nitrogen and oxygen atoms in total. The average molecular weight is 407 g/mol. The van der Waals surface area contributed by atoms with Crippen LogP contribution in [0, 0.1) is 23.4 Å². The van der Waals surface area contributed by atoms with E-state index in [4.69, 9.17) is 4.74 Å². The molecule has 1 N–H and O–H groups in total. The molecule has 1 fully saturated rings. The normalized spacial score (nSPS) is 20.1. The average Bonchev–Trinajstić information content (AvgIpc) is 3.33. The maximum Gasteiger partial charge on any atom is 0.408 e. The number of ether oxygens (including phenoxy) is 2. The summed E-state index contributed by atoms with van der Waals surface area (Å²) in [5.74, 6) is -5.70. The Hall–Kier alpha value is -3.03. The van der Waals surface area contributed by atoms with Crippen molar-refractivity contribution in [3.63, 3.8) is 0 Å². The molecule has 0 spiro atoms. The van der Waals surface area contributed by atoms with Crippen molar-refractivity contribution in [1.82, 2.24) is 5.32 Å². The SMILES string of the molecule is CCOC(=O)c1cc(F)c(C2(NC(=O)OCc3ccccc3)CC2C)c(F)c1F. The van der Waals surface area contributed by atoms with Crippen LogP contribution in [0.15, 0.2) is 36.4 Å². The summed E-state index contributed by atoms with van der Waals surface area (Å²) in [6.07, 6.45) is -0.689. The number of carbonyl (C=O) groups excluding carboxylic acids is 2. The van der Waals surface area contributed by atoms with Gasteiger partial charge in [0.15, 0.2) is 11.6 Å². The van der Waals surface area contributed by atoms with Crippen molar-refractivity contribution in [2.45, 2.75) is 32.4 Å². The molecule has 29 heavy (non-hydrogen) atoms. The summed E-state index contributed by atoms with van der Waals surface area (Å²) in [5, 5.41) is 2.46. The fourth-order valence-electron chi connectivity index (χ4n) is 3.31. The Bertz CT molecular complexity index is 935. The number of hydrogen-bond acceptors (Lipinski definition) is 4. The fraction of sp³-hybridized carbons (Fsp3) is 0.333. The molecule has 0 saturated heterocycles. The van der Waals surface area contributed by atoms with Gasteiger partial charge >= 0.3 is 12.1 Å². The van der Waals surface area contributed by atoms with E-state index < -0.39 is 46.2 Å². The van der Waals surface area contributed by atoms with Crippen molar-refractivity contribution in [3.8, 4) is 0 Å². The number of amides is 1. The highest BCUT2D eigenvalue weighted by atomic mass is 19.2. The van der Waals surface area contributed by atoms with Gasteiger partial charge in [0.05, 0.1) is 17.7 Å². The molecule has 8 heteroatoms. The number of rotatable bonds is 6. The molecule has 2 unspecified atom stereocenters. The largest absolute Gasteiger partial charge is 0.462 e. The van der Waals surface area contributed by atoms with Gasteiger partial charge in [-0.2, -0.15) is 0 Å². The molecular formula is C21H20F3NO4. The molecule has 1 aliphatic carbocycles. The lowest BCUT2D eigenvalue weighted by atomic mass is 9.98. The van der Waals surface area contributed by atoms with E-state index in [-0.39, 0.29) is 25.6 Å². The number of halogens is 3. The van der Waals surface area contributed by atoms with Crippen molar-refractivity contribution < 1.29 is 32.2 Å². The highest BCUT2D eigenvalue weighted by molar-refractivity contribution is 5.90. The molecule has 3 rings (SSSR count). The lowest BCUT2D eigenvalue weighted by Gasteiger charge is -2.21. The van der Waals surface area contributed by atoms with Crippen LogP contribution in [0.4, 0.5) is 18.0 Å². The van der Waals surface area contributed by atoms with Crippen LogP contribution in [0.1, 0.15) is 41.8 Å². The summed E-state index contributed by atoms with van der Waals surface area (Å²) in [7, 11) is 0. The van der Waals surface area contributed by atoms with E-state index in [0.29, 0.717) is 6.07 Å². The third kappa shape index (κ3) is 4.06. The monoisotopic (exact) mass is 407 g/mol.